The summed E-state index contributed by atoms with van der Waals surface area (Å²) in [5.41, 5.74) is 1.45. The van der Waals surface area contributed by atoms with Crippen LogP contribution in [0.15, 0.2) is 36.5 Å². The molecule has 0 saturated heterocycles. The summed E-state index contributed by atoms with van der Waals surface area (Å²) in [6, 6.07) is 9.10. The lowest BCUT2D eigenvalue weighted by atomic mass is 10.2. The van der Waals surface area contributed by atoms with Crippen LogP contribution < -0.4 is 10.1 Å². The van der Waals surface area contributed by atoms with E-state index in [0.29, 0.717) is 17.3 Å². The van der Waals surface area contributed by atoms with Crippen LogP contribution in [-0.4, -0.2) is 18.0 Å². The van der Waals surface area contributed by atoms with Gasteiger partial charge in [-0.2, -0.15) is 0 Å². The number of aromatic amines is 1. The Labute approximate surface area is 110 Å². The smallest absolute Gasteiger partial charge is 0.268 e. The second kappa shape index (κ2) is 5.60. The second-order valence-electron chi connectivity index (χ2n) is 3.76. The highest BCUT2D eigenvalue weighted by atomic mass is 35.5. The van der Waals surface area contributed by atoms with E-state index in [2.05, 4.69) is 10.3 Å². The third kappa shape index (κ3) is 3.05. The van der Waals surface area contributed by atoms with Gasteiger partial charge in [-0.15, -0.1) is 0 Å². The molecule has 0 unspecified atom stereocenters. The summed E-state index contributed by atoms with van der Waals surface area (Å²) in [6.07, 6.45) is 1.57. The van der Waals surface area contributed by atoms with E-state index in [4.69, 9.17) is 16.3 Å². The number of methoxy groups -OCH3 is 1. The van der Waals surface area contributed by atoms with Gasteiger partial charge in [-0.3, -0.25) is 4.79 Å². The summed E-state index contributed by atoms with van der Waals surface area (Å²) in [5, 5.41) is 3.31. The molecule has 1 heterocycles. The van der Waals surface area contributed by atoms with Crippen LogP contribution >= 0.6 is 11.6 Å². The van der Waals surface area contributed by atoms with Gasteiger partial charge >= 0.3 is 0 Å². The molecule has 0 aliphatic carbocycles. The molecule has 0 radical (unpaired) electrons. The van der Waals surface area contributed by atoms with E-state index in [9.17, 15) is 4.79 Å². The van der Waals surface area contributed by atoms with Gasteiger partial charge < -0.3 is 15.0 Å². The maximum atomic E-state index is 11.7. The number of ether oxygens (including phenoxy) is 1. The van der Waals surface area contributed by atoms with E-state index < -0.39 is 0 Å². The van der Waals surface area contributed by atoms with Crippen molar-refractivity contribution in [1.29, 1.82) is 0 Å². The third-order valence-electron chi connectivity index (χ3n) is 2.50. The van der Waals surface area contributed by atoms with Gasteiger partial charge in [0.05, 0.1) is 12.1 Å². The largest absolute Gasteiger partial charge is 0.497 e. The van der Waals surface area contributed by atoms with E-state index >= 15 is 0 Å². The third-order valence-corrected chi connectivity index (χ3v) is 2.72. The highest BCUT2D eigenvalue weighted by molar-refractivity contribution is 6.30. The molecule has 2 N–H and O–H groups in total. The van der Waals surface area contributed by atoms with Crippen molar-refractivity contribution < 1.29 is 9.53 Å². The summed E-state index contributed by atoms with van der Waals surface area (Å²) in [6.45, 7) is 0.458. The highest BCUT2D eigenvalue weighted by Gasteiger charge is 2.07. The Kier molecular flexibility index (Phi) is 3.89. The number of hydrogen-bond acceptors (Lipinski definition) is 2. The fourth-order valence-corrected chi connectivity index (χ4v) is 1.68. The SMILES string of the molecule is COc1ccc(CNC(=O)c2cc(Cl)c[nH]2)cc1. The van der Waals surface area contributed by atoms with E-state index in [0.717, 1.165) is 11.3 Å². The topological polar surface area (TPSA) is 54.1 Å². The van der Waals surface area contributed by atoms with Crippen LogP contribution in [0.4, 0.5) is 0 Å². The van der Waals surface area contributed by atoms with Gasteiger partial charge in [-0.1, -0.05) is 23.7 Å². The molecule has 0 spiro atoms. The number of nitrogens with one attached hydrogen (secondary N) is 2. The summed E-state index contributed by atoms with van der Waals surface area (Å²) >= 11 is 5.73. The van der Waals surface area contributed by atoms with Gasteiger partial charge in [-0.25, -0.2) is 0 Å². The van der Waals surface area contributed by atoms with E-state index in [1.807, 2.05) is 24.3 Å². The summed E-state index contributed by atoms with van der Waals surface area (Å²) < 4.78 is 5.06. The lowest BCUT2D eigenvalue weighted by Gasteiger charge is -2.05. The maximum absolute atomic E-state index is 11.7. The molecular weight excluding hydrogens is 252 g/mol. The van der Waals surface area contributed by atoms with Crippen LogP contribution in [0.5, 0.6) is 5.75 Å². The number of halogens is 1. The van der Waals surface area contributed by atoms with Crippen molar-refractivity contribution in [3.63, 3.8) is 0 Å². The Morgan fingerprint density at radius 2 is 2.11 bits per heavy atom. The number of rotatable bonds is 4. The molecule has 2 aromatic rings. The van der Waals surface area contributed by atoms with Gasteiger partial charge in [0, 0.05) is 12.7 Å². The molecular formula is C13H13ClN2O2. The summed E-state index contributed by atoms with van der Waals surface area (Å²) in [7, 11) is 1.62. The van der Waals surface area contributed by atoms with Crippen LogP contribution in [0.3, 0.4) is 0 Å². The molecule has 1 amide bonds. The summed E-state index contributed by atoms with van der Waals surface area (Å²) in [4.78, 5) is 14.5. The zero-order valence-electron chi connectivity index (χ0n) is 9.87. The number of benzene rings is 1. The molecule has 0 aliphatic heterocycles. The molecule has 1 aromatic carbocycles. The number of carbonyl (C=O) groups excluding carboxylic acids is 1. The van der Waals surface area contributed by atoms with Crippen molar-refractivity contribution in [2.75, 3.05) is 7.11 Å². The molecule has 5 heteroatoms. The molecule has 0 fully saturated rings. The number of hydrogen-bond donors (Lipinski definition) is 2. The standard InChI is InChI=1S/C13H13ClN2O2/c1-18-11-4-2-9(3-5-11)7-16-13(17)12-6-10(14)8-15-12/h2-6,8,15H,7H2,1H3,(H,16,17). The lowest BCUT2D eigenvalue weighted by Crippen LogP contribution is -2.22. The number of carbonyl (C=O) groups is 1. The van der Waals surface area contributed by atoms with E-state index in [1.54, 1.807) is 19.4 Å². The molecule has 1 aromatic heterocycles. The Balaban J connectivity index is 1.92. The van der Waals surface area contributed by atoms with E-state index in [1.165, 1.54) is 0 Å². The van der Waals surface area contributed by atoms with Crippen LogP contribution in [0, 0.1) is 0 Å². The Bertz CT molecular complexity index is 534. The summed E-state index contributed by atoms with van der Waals surface area (Å²) in [5.74, 6) is 0.610. The first-order chi connectivity index (χ1) is 8.69. The minimum Gasteiger partial charge on any atom is -0.497 e. The Morgan fingerprint density at radius 3 is 2.67 bits per heavy atom. The average Bonchev–Trinajstić information content (AvgIpc) is 2.83. The molecule has 2 rings (SSSR count). The monoisotopic (exact) mass is 264 g/mol. The minimum atomic E-state index is -0.183. The number of amides is 1. The van der Waals surface area contributed by atoms with Crippen LogP contribution in [0.2, 0.25) is 5.02 Å². The fraction of sp³-hybridized carbons (Fsp3) is 0.154. The van der Waals surface area contributed by atoms with Gasteiger partial charge in [0.2, 0.25) is 0 Å². The van der Waals surface area contributed by atoms with Gasteiger partial charge in [-0.05, 0) is 23.8 Å². The molecule has 18 heavy (non-hydrogen) atoms. The highest BCUT2D eigenvalue weighted by Crippen LogP contribution is 2.12. The Hall–Kier alpha value is -1.94. The van der Waals surface area contributed by atoms with Gasteiger partial charge in [0.1, 0.15) is 11.4 Å². The molecule has 0 aliphatic rings. The second-order valence-corrected chi connectivity index (χ2v) is 4.20. The van der Waals surface area contributed by atoms with Gasteiger partial charge in [0.15, 0.2) is 0 Å². The Morgan fingerprint density at radius 1 is 1.39 bits per heavy atom. The zero-order chi connectivity index (χ0) is 13.0. The average molecular weight is 265 g/mol. The van der Waals surface area contributed by atoms with Crippen LogP contribution in [-0.2, 0) is 6.54 Å². The molecule has 0 atom stereocenters. The molecule has 0 saturated carbocycles. The first-order valence-corrected chi connectivity index (χ1v) is 5.82. The predicted molar refractivity (Wildman–Crippen MR) is 70.0 cm³/mol. The van der Waals surface area contributed by atoms with Crippen LogP contribution in [0.1, 0.15) is 16.1 Å². The van der Waals surface area contributed by atoms with Crippen molar-refractivity contribution >= 4 is 17.5 Å². The molecule has 0 bridgehead atoms. The van der Waals surface area contributed by atoms with Crippen molar-refractivity contribution in [2.45, 2.75) is 6.54 Å². The molecule has 4 nitrogen and oxygen atoms in total. The first kappa shape index (κ1) is 12.5. The van der Waals surface area contributed by atoms with Crippen molar-refractivity contribution in [3.05, 3.63) is 52.8 Å². The molecule has 94 valence electrons. The normalized spacial score (nSPS) is 10.1. The quantitative estimate of drug-likeness (QED) is 0.892. The zero-order valence-corrected chi connectivity index (χ0v) is 10.6. The first-order valence-electron chi connectivity index (χ1n) is 5.44. The number of H-pyrrole nitrogens is 1. The van der Waals surface area contributed by atoms with Gasteiger partial charge in [0.25, 0.3) is 5.91 Å². The minimum absolute atomic E-state index is 0.183. The van der Waals surface area contributed by atoms with Crippen LogP contribution in [0.25, 0.3) is 0 Å². The van der Waals surface area contributed by atoms with Crippen molar-refractivity contribution in [1.82, 2.24) is 10.3 Å². The van der Waals surface area contributed by atoms with Crippen molar-refractivity contribution in [2.24, 2.45) is 0 Å². The predicted octanol–water partition coefficient (Wildman–Crippen LogP) is 2.61. The lowest BCUT2D eigenvalue weighted by molar-refractivity contribution is 0.0946. The maximum Gasteiger partial charge on any atom is 0.268 e. The van der Waals surface area contributed by atoms with E-state index in [-0.39, 0.29) is 5.91 Å². The van der Waals surface area contributed by atoms with Crippen molar-refractivity contribution in [3.8, 4) is 5.75 Å². The number of aromatic nitrogens is 1. The fourth-order valence-electron chi connectivity index (χ4n) is 1.52.